The second kappa shape index (κ2) is 7.20. The van der Waals surface area contributed by atoms with Crippen molar-refractivity contribution in [2.45, 2.75) is 45.3 Å². The lowest BCUT2D eigenvalue weighted by molar-refractivity contribution is -0.132. The summed E-state index contributed by atoms with van der Waals surface area (Å²) in [4.78, 5) is 16.7. The maximum atomic E-state index is 12.2. The molecule has 3 aliphatic rings. The molecule has 0 bridgehead atoms. The van der Waals surface area contributed by atoms with Crippen molar-refractivity contribution in [3.63, 3.8) is 0 Å². The summed E-state index contributed by atoms with van der Waals surface area (Å²) in [5, 5.41) is 0. The SMILES string of the molecule is CC(=O)N1Cc2cc(C)ccc2OC2(CCN(C[C@@H]3CCOC3)CC2)C1. The van der Waals surface area contributed by atoms with Crippen LogP contribution in [0.25, 0.3) is 0 Å². The number of rotatable bonds is 2. The van der Waals surface area contributed by atoms with E-state index in [9.17, 15) is 4.79 Å². The third kappa shape index (κ3) is 3.74. The standard InChI is InChI=1S/C21H30N2O3/c1-16-3-4-20-19(11-16)13-23(17(2)24)15-21(26-20)6-8-22(9-7-21)12-18-5-10-25-14-18/h3-4,11,18H,5-10,12-15H2,1-2H3/t18-/m0/s1. The van der Waals surface area contributed by atoms with Gasteiger partial charge in [-0.3, -0.25) is 4.79 Å². The largest absolute Gasteiger partial charge is 0.485 e. The molecule has 1 amide bonds. The molecular weight excluding hydrogens is 328 g/mol. The van der Waals surface area contributed by atoms with Gasteiger partial charge in [-0.1, -0.05) is 17.7 Å². The highest BCUT2D eigenvalue weighted by atomic mass is 16.5. The minimum absolute atomic E-state index is 0.132. The van der Waals surface area contributed by atoms with Gasteiger partial charge in [0.25, 0.3) is 0 Å². The summed E-state index contributed by atoms with van der Waals surface area (Å²) in [5.74, 6) is 1.77. The molecule has 1 spiro atoms. The quantitative estimate of drug-likeness (QED) is 0.815. The monoisotopic (exact) mass is 358 g/mol. The lowest BCUT2D eigenvalue weighted by Crippen LogP contribution is -2.54. The van der Waals surface area contributed by atoms with Crippen molar-refractivity contribution in [3.8, 4) is 5.75 Å². The predicted molar refractivity (Wildman–Crippen MR) is 100 cm³/mol. The van der Waals surface area contributed by atoms with E-state index in [0.717, 1.165) is 57.0 Å². The molecule has 2 saturated heterocycles. The molecule has 0 unspecified atom stereocenters. The fourth-order valence-electron chi connectivity index (χ4n) is 4.52. The molecule has 0 N–H and O–H groups in total. The number of carbonyl (C=O) groups excluding carboxylic acids is 1. The maximum Gasteiger partial charge on any atom is 0.219 e. The van der Waals surface area contributed by atoms with Gasteiger partial charge in [-0.05, 0) is 25.3 Å². The van der Waals surface area contributed by atoms with E-state index in [-0.39, 0.29) is 11.5 Å². The highest BCUT2D eigenvalue weighted by molar-refractivity contribution is 5.73. The molecular formula is C21H30N2O3. The smallest absolute Gasteiger partial charge is 0.219 e. The number of piperidine rings is 1. The van der Waals surface area contributed by atoms with Gasteiger partial charge in [-0.15, -0.1) is 0 Å². The maximum absolute atomic E-state index is 12.2. The Kier molecular flexibility index (Phi) is 4.93. The number of likely N-dealkylation sites (tertiary alicyclic amines) is 1. The average molecular weight is 358 g/mol. The normalized spacial score (nSPS) is 25.6. The van der Waals surface area contributed by atoms with Crippen molar-refractivity contribution in [1.29, 1.82) is 0 Å². The molecule has 1 atom stereocenters. The number of benzene rings is 1. The number of aryl methyl sites for hydroxylation is 1. The number of ether oxygens (including phenoxy) is 2. The second-order valence-electron chi connectivity index (χ2n) is 8.30. The molecule has 1 aromatic carbocycles. The third-order valence-corrected chi connectivity index (χ3v) is 6.14. The van der Waals surface area contributed by atoms with Gasteiger partial charge in [0.15, 0.2) is 0 Å². The first-order valence-electron chi connectivity index (χ1n) is 9.87. The summed E-state index contributed by atoms with van der Waals surface area (Å²) >= 11 is 0. The van der Waals surface area contributed by atoms with Gasteiger partial charge < -0.3 is 19.3 Å². The third-order valence-electron chi connectivity index (χ3n) is 6.14. The van der Waals surface area contributed by atoms with Crippen molar-refractivity contribution in [2.24, 2.45) is 5.92 Å². The molecule has 3 aliphatic heterocycles. The summed E-state index contributed by atoms with van der Waals surface area (Å²) in [6.45, 7) is 10.1. The Morgan fingerprint density at radius 2 is 2.12 bits per heavy atom. The average Bonchev–Trinajstić information content (AvgIpc) is 3.06. The molecule has 1 aromatic rings. The Morgan fingerprint density at radius 3 is 2.81 bits per heavy atom. The van der Waals surface area contributed by atoms with E-state index in [1.165, 1.54) is 12.0 Å². The first-order chi connectivity index (χ1) is 12.5. The highest BCUT2D eigenvalue weighted by Gasteiger charge is 2.41. The Bertz CT molecular complexity index is 661. The van der Waals surface area contributed by atoms with Crippen LogP contribution in [-0.2, 0) is 16.1 Å². The van der Waals surface area contributed by atoms with E-state index < -0.39 is 0 Å². The van der Waals surface area contributed by atoms with Crippen LogP contribution >= 0.6 is 0 Å². The minimum Gasteiger partial charge on any atom is -0.485 e. The van der Waals surface area contributed by atoms with Gasteiger partial charge >= 0.3 is 0 Å². The van der Waals surface area contributed by atoms with E-state index in [1.54, 1.807) is 6.92 Å². The zero-order valence-electron chi connectivity index (χ0n) is 16.0. The summed E-state index contributed by atoms with van der Waals surface area (Å²) < 4.78 is 12.1. The van der Waals surface area contributed by atoms with Gasteiger partial charge in [-0.2, -0.15) is 0 Å². The molecule has 3 heterocycles. The van der Waals surface area contributed by atoms with Crippen LogP contribution in [-0.4, -0.2) is 60.7 Å². The lowest BCUT2D eigenvalue weighted by Gasteiger charge is -2.43. The second-order valence-corrected chi connectivity index (χ2v) is 8.30. The summed E-state index contributed by atoms with van der Waals surface area (Å²) in [7, 11) is 0. The van der Waals surface area contributed by atoms with Crippen LogP contribution in [0.5, 0.6) is 5.75 Å². The Balaban J connectivity index is 1.49. The van der Waals surface area contributed by atoms with Crippen LogP contribution in [0.15, 0.2) is 18.2 Å². The molecule has 4 rings (SSSR count). The van der Waals surface area contributed by atoms with Gasteiger partial charge in [0.1, 0.15) is 11.4 Å². The van der Waals surface area contributed by atoms with Crippen LogP contribution in [0.1, 0.15) is 37.3 Å². The van der Waals surface area contributed by atoms with Gasteiger partial charge in [0.05, 0.1) is 13.2 Å². The van der Waals surface area contributed by atoms with Crippen molar-refractivity contribution < 1.29 is 14.3 Å². The fourth-order valence-corrected chi connectivity index (χ4v) is 4.52. The van der Waals surface area contributed by atoms with Gasteiger partial charge in [-0.25, -0.2) is 0 Å². The van der Waals surface area contributed by atoms with E-state index in [2.05, 4.69) is 30.0 Å². The van der Waals surface area contributed by atoms with E-state index in [0.29, 0.717) is 19.0 Å². The van der Waals surface area contributed by atoms with Gasteiger partial charge in [0.2, 0.25) is 5.91 Å². The van der Waals surface area contributed by atoms with E-state index in [4.69, 9.17) is 9.47 Å². The van der Waals surface area contributed by atoms with Gasteiger partial charge in [0, 0.05) is 58.1 Å². The van der Waals surface area contributed by atoms with Crippen LogP contribution in [0.3, 0.4) is 0 Å². The first kappa shape index (κ1) is 17.8. The molecule has 0 saturated carbocycles. The zero-order valence-corrected chi connectivity index (χ0v) is 16.0. The Labute approximate surface area is 156 Å². The lowest BCUT2D eigenvalue weighted by atomic mass is 9.89. The number of hydrogen-bond donors (Lipinski definition) is 0. The number of hydrogen-bond acceptors (Lipinski definition) is 4. The predicted octanol–water partition coefficient (Wildman–Crippen LogP) is 2.61. The summed E-state index contributed by atoms with van der Waals surface area (Å²) in [5.41, 5.74) is 2.08. The molecule has 2 fully saturated rings. The van der Waals surface area contributed by atoms with Crippen molar-refractivity contribution in [1.82, 2.24) is 9.80 Å². The molecule has 5 nitrogen and oxygen atoms in total. The molecule has 142 valence electrons. The van der Waals surface area contributed by atoms with Crippen molar-refractivity contribution >= 4 is 5.91 Å². The van der Waals surface area contributed by atoms with Crippen molar-refractivity contribution in [3.05, 3.63) is 29.3 Å². The van der Waals surface area contributed by atoms with E-state index >= 15 is 0 Å². The molecule has 0 radical (unpaired) electrons. The molecule has 26 heavy (non-hydrogen) atoms. The first-order valence-corrected chi connectivity index (χ1v) is 9.87. The fraction of sp³-hybridized carbons (Fsp3) is 0.667. The molecule has 5 heteroatoms. The summed E-state index contributed by atoms with van der Waals surface area (Å²) in [6.07, 6.45) is 3.12. The van der Waals surface area contributed by atoms with Crippen LogP contribution in [0, 0.1) is 12.8 Å². The van der Waals surface area contributed by atoms with Crippen LogP contribution in [0.2, 0.25) is 0 Å². The van der Waals surface area contributed by atoms with Crippen LogP contribution in [0.4, 0.5) is 0 Å². The summed E-state index contributed by atoms with van der Waals surface area (Å²) in [6, 6.07) is 6.34. The van der Waals surface area contributed by atoms with E-state index in [1.807, 2.05) is 4.90 Å². The zero-order chi connectivity index (χ0) is 18.1. The Morgan fingerprint density at radius 1 is 1.31 bits per heavy atom. The number of fused-ring (bicyclic) bond motifs is 1. The molecule has 0 aromatic heterocycles. The minimum atomic E-state index is -0.255. The number of carbonyl (C=O) groups is 1. The molecule has 0 aliphatic carbocycles. The highest BCUT2D eigenvalue weighted by Crippen LogP contribution is 2.36. The Hall–Kier alpha value is -1.59. The van der Waals surface area contributed by atoms with Crippen LogP contribution < -0.4 is 4.74 Å². The number of amides is 1. The van der Waals surface area contributed by atoms with Crippen molar-refractivity contribution in [2.75, 3.05) is 39.4 Å². The topological polar surface area (TPSA) is 42.0 Å². The number of nitrogens with zero attached hydrogens (tertiary/aromatic N) is 2.